The van der Waals surface area contributed by atoms with E-state index in [0.29, 0.717) is 6.04 Å². The second-order valence-electron chi connectivity index (χ2n) is 4.38. The van der Waals surface area contributed by atoms with Crippen molar-refractivity contribution in [3.05, 3.63) is 11.6 Å². The number of hydrogen-bond donors (Lipinski definition) is 1. The summed E-state index contributed by atoms with van der Waals surface area (Å²) in [7, 11) is 1.72. The van der Waals surface area contributed by atoms with Gasteiger partial charge in [-0.1, -0.05) is 0 Å². The molecule has 0 spiro atoms. The smallest absolute Gasteiger partial charge is 0.147 e. The molecule has 0 aliphatic carbocycles. The Labute approximate surface area is 96.2 Å². The quantitative estimate of drug-likeness (QED) is 0.801. The molecule has 1 aromatic heterocycles. The molecule has 0 amide bonds. The maximum Gasteiger partial charge on any atom is 0.147 e. The van der Waals surface area contributed by atoms with Crippen LogP contribution in [0.15, 0.2) is 0 Å². The van der Waals surface area contributed by atoms with Crippen molar-refractivity contribution in [2.45, 2.75) is 45.3 Å². The lowest BCUT2D eigenvalue weighted by molar-refractivity contribution is 0.171. The molecule has 5 nitrogen and oxygen atoms in total. The van der Waals surface area contributed by atoms with E-state index < -0.39 is 0 Å². The van der Waals surface area contributed by atoms with E-state index >= 15 is 0 Å². The van der Waals surface area contributed by atoms with Gasteiger partial charge in [-0.15, -0.1) is 10.2 Å². The van der Waals surface area contributed by atoms with Gasteiger partial charge < -0.3 is 14.6 Å². The second kappa shape index (κ2) is 5.41. The van der Waals surface area contributed by atoms with Crippen LogP contribution in [0.3, 0.4) is 0 Å². The monoisotopic (exact) mass is 224 g/mol. The first kappa shape index (κ1) is 11.5. The highest BCUT2D eigenvalue weighted by Crippen LogP contribution is 2.13. The summed E-state index contributed by atoms with van der Waals surface area (Å²) in [5.41, 5.74) is 0. The van der Waals surface area contributed by atoms with Crippen molar-refractivity contribution in [1.29, 1.82) is 0 Å². The largest absolute Gasteiger partial charge is 0.383 e. The minimum absolute atomic E-state index is 0.349. The first-order valence-electron chi connectivity index (χ1n) is 5.94. The van der Waals surface area contributed by atoms with Gasteiger partial charge in [-0.05, 0) is 19.8 Å². The lowest BCUT2D eigenvalue weighted by Gasteiger charge is -2.16. The molecule has 1 N–H and O–H groups in total. The lowest BCUT2D eigenvalue weighted by atomic mass is 10.2. The molecule has 1 aliphatic heterocycles. The fraction of sp³-hybridized carbons (Fsp3) is 0.818. The van der Waals surface area contributed by atoms with Crippen LogP contribution in [0.4, 0.5) is 0 Å². The minimum atomic E-state index is 0.349. The average molecular weight is 224 g/mol. The van der Waals surface area contributed by atoms with E-state index in [1.54, 1.807) is 7.11 Å². The van der Waals surface area contributed by atoms with Crippen LogP contribution in [0.25, 0.3) is 0 Å². The molecule has 2 heterocycles. The number of nitrogens with one attached hydrogen (secondary N) is 1. The standard InChI is InChI=1S/C11H20N4O/c1-9(8-16-2)12-7-11-14-13-10-5-3-4-6-15(10)11/h9,12H,3-8H2,1-2H3. The van der Waals surface area contributed by atoms with Gasteiger partial charge in [-0.3, -0.25) is 0 Å². The molecule has 1 aromatic rings. The Kier molecular flexibility index (Phi) is 3.90. The van der Waals surface area contributed by atoms with Crippen LogP contribution in [0.2, 0.25) is 0 Å². The molecule has 16 heavy (non-hydrogen) atoms. The first-order chi connectivity index (χ1) is 7.81. The molecule has 0 bridgehead atoms. The Morgan fingerprint density at radius 1 is 1.44 bits per heavy atom. The number of aryl methyl sites for hydroxylation is 1. The van der Waals surface area contributed by atoms with E-state index in [4.69, 9.17) is 4.74 Å². The number of fused-ring (bicyclic) bond motifs is 1. The summed E-state index contributed by atoms with van der Waals surface area (Å²) in [4.78, 5) is 0. The summed E-state index contributed by atoms with van der Waals surface area (Å²) in [6.07, 6.45) is 3.55. The summed E-state index contributed by atoms with van der Waals surface area (Å²) in [5, 5.41) is 11.8. The molecule has 0 saturated heterocycles. The third kappa shape index (κ3) is 2.59. The van der Waals surface area contributed by atoms with E-state index in [2.05, 4.69) is 27.0 Å². The number of aromatic nitrogens is 3. The molecular formula is C11H20N4O. The topological polar surface area (TPSA) is 52.0 Å². The molecule has 1 unspecified atom stereocenters. The summed E-state index contributed by atoms with van der Waals surface area (Å²) in [6, 6.07) is 0.349. The van der Waals surface area contributed by atoms with Crippen LogP contribution in [0.1, 0.15) is 31.4 Å². The van der Waals surface area contributed by atoms with Gasteiger partial charge in [0.25, 0.3) is 0 Å². The van der Waals surface area contributed by atoms with E-state index in [1.165, 1.54) is 12.8 Å². The highest BCUT2D eigenvalue weighted by atomic mass is 16.5. The summed E-state index contributed by atoms with van der Waals surface area (Å²) in [6.45, 7) is 4.67. The highest BCUT2D eigenvalue weighted by Gasteiger charge is 2.15. The van der Waals surface area contributed by atoms with Crippen molar-refractivity contribution in [2.75, 3.05) is 13.7 Å². The second-order valence-corrected chi connectivity index (χ2v) is 4.38. The predicted molar refractivity (Wildman–Crippen MR) is 61.1 cm³/mol. The molecule has 5 heteroatoms. The van der Waals surface area contributed by atoms with Gasteiger partial charge in [0.1, 0.15) is 11.6 Å². The molecule has 90 valence electrons. The van der Waals surface area contributed by atoms with E-state index in [-0.39, 0.29) is 0 Å². The summed E-state index contributed by atoms with van der Waals surface area (Å²) >= 11 is 0. The zero-order valence-electron chi connectivity index (χ0n) is 10.1. The Bertz CT molecular complexity index is 337. The summed E-state index contributed by atoms with van der Waals surface area (Å²) < 4.78 is 7.33. The normalized spacial score (nSPS) is 17.1. The molecule has 0 aromatic carbocycles. The Morgan fingerprint density at radius 3 is 3.12 bits per heavy atom. The maximum absolute atomic E-state index is 5.08. The van der Waals surface area contributed by atoms with Gasteiger partial charge in [-0.25, -0.2) is 0 Å². The molecular weight excluding hydrogens is 204 g/mol. The lowest BCUT2D eigenvalue weighted by Crippen LogP contribution is -2.31. The van der Waals surface area contributed by atoms with Gasteiger partial charge in [-0.2, -0.15) is 0 Å². The van der Waals surface area contributed by atoms with Crippen LogP contribution < -0.4 is 5.32 Å². The van der Waals surface area contributed by atoms with Crippen molar-refractivity contribution < 1.29 is 4.74 Å². The molecule has 0 fully saturated rings. The van der Waals surface area contributed by atoms with Crippen LogP contribution in [-0.2, 0) is 24.2 Å². The molecule has 2 rings (SSSR count). The van der Waals surface area contributed by atoms with Crippen molar-refractivity contribution in [3.63, 3.8) is 0 Å². The van der Waals surface area contributed by atoms with Crippen molar-refractivity contribution in [2.24, 2.45) is 0 Å². The third-order valence-electron chi connectivity index (χ3n) is 2.96. The first-order valence-corrected chi connectivity index (χ1v) is 5.94. The molecule has 1 atom stereocenters. The molecule has 1 aliphatic rings. The Hall–Kier alpha value is -0.940. The Morgan fingerprint density at radius 2 is 2.31 bits per heavy atom. The third-order valence-corrected chi connectivity index (χ3v) is 2.96. The van der Waals surface area contributed by atoms with Crippen LogP contribution >= 0.6 is 0 Å². The van der Waals surface area contributed by atoms with Crippen LogP contribution in [-0.4, -0.2) is 34.5 Å². The van der Waals surface area contributed by atoms with E-state index in [0.717, 1.165) is 37.8 Å². The zero-order chi connectivity index (χ0) is 11.4. The highest BCUT2D eigenvalue weighted by molar-refractivity contribution is 4.98. The number of rotatable bonds is 5. The fourth-order valence-corrected chi connectivity index (χ4v) is 2.07. The summed E-state index contributed by atoms with van der Waals surface area (Å²) in [5.74, 6) is 2.19. The number of methoxy groups -OCH3 is 1. The van der Waals surface area contributed by atoms with Crippen molar-refractivity contribution in [3.8, 4) is 0 Å². The number of nitrogens with zero attached hydrogens (tertiary/aromatic N) is 3. The van der Waals surface area contributed by atoms with Crippen molar-refractivity contribution >= 4 is 0 Å². The maximum atomic E-state index is 5.08. The zero-order valence-corrected chi connectivity index (χ0v) is 10.1. The van der Waals surface area contributed by atoms with Crippen molar-refractivity contribution in [1.82, 2.24) is 20.1 Å². The van der Waals surface area contributed by atoms with Crippen LogP contribution in [0, 0.1) is 0 Å². The van der Waals surface area contributed by atoms with Gasteiger partial charge >= 0.3 is 0 Å². The van der Waals surface area contributed by atoms with E-state index in [9.17, 15) is 0 Å². The fourth-order valence-electron chi connectivity index (χ4n) is 2.07. The molecule has 0 saturated carbocycles. The number of ether oxygens (including phenoxy) is 1. The SMILES string of the molecule is COCC(C)NCc1nnc2n1CCCC2. The van der Waals surface area contributed by atoms with Gasteiger partial charge in [0, 0.05) is 26.1 Å². The Balaban J connectivity index is 1.92. The number of hydrogen-bond acceptors (Lipinski definition) is 4. The average Bonchev–Trinajstić information content (AvgIpc) is 2.70. The minimum Gasteiger partial charge on any atom is -0.383 e. The van der Waals surface area contributed by atoms with Crippen LogP contribution in [0.5, 0.6) is 0 Å². The van der Waals surface area contributed by atoms with E-state index in [1.807, 2.05) is 0 Å². The van der Waals surface area contributed by atoms with Gasteiger partial charge in [0.15, 0.2) is 0 Å². The van der Waals surface area contributed by atoms with Gasteiger partial charge in [0.2, 0.25) is 0 Å². The predicted octanol–water partition coefficient (Wildman–Crippen LogP) is 0.739. The van der Waals surface area contributed by atoms with Gasteiger partial charge in [0.05, 0.1) is 13.2 Å². The molecule has 0 radical (unpaired) electrons.